The highest BCUT2D eigenvalue weighted by molar-refractivity contribution is 9.10. The van der Waals surface area contributed by atoms with Crippen LogP contribution in [0.4, 0.5) is 0 Å². The quantitative estimate of drug-likeness (QED) is 0.614. The van der Waals surface area contributed by atoms with Crippen LogP contribution in [0.25, 0.3) is 0 Å². The van der Waals surface area contributed by atoms with Gasteiger partial charge >= 0.3 is 5.97 Å². The van der Waals surface area contributed by atoms with E-state index in [1.54, 1.807) is 19.1 Å². The van der Waals surface area contributed by atoms with Crippen molar-refractivity contribution in [2.75, 3.05) is 6.61 Å². The molecule has 2 nitrogen and oxygen atoms in total. The zero-order valence-electron chi connectivity index (χ0n) is 11.0. The van der Waals surface area contributed by atoms with E-state index in [0.29, 0.717) is 12.2 Å². The molecular weight excluding hydrogens is 316 g/mol. The van der Waals surface area contributed by atoms with Gasteiger partial charge in [0.05, 0.1) is 12.2 Å². The average Bonchev–Trinajstić information content (AvgIpc) is 2.47. The number of halogens is 1. The third-order valence-corrected chi connectivity index (χ3v) is 3.12. The Bertz CT molecular complexity index is 646. The summed E-state index contributed by atoms with van der Waals surface area (Å²) in [5.41, 5.74) is 2.35. The molecule has 0 amide bonds. The third kappa shape index (κ3) is 3.97. The van der Waals surface area contributed by atoms with Crippen molar-refractivity contribution < 1.29 is 9.53 Å². The molecule has 0 N–H and O–H groups in total. The first-order chi connectivity index (χ1) is 9.69. The van der Waals surface area contributed by atoms with Gasteiger partial charge in [-0.25, -0.2) is 4.79 Å². The molecule has 100 valence electrons. The topological polar surface area (TPSA) is 26.3 Å². The van der Waals surface area contributed by atoms with Crippen LogP contribution < -0.4 is 0 Å². The van der Waals surface area contributed by atoms with E-state index < -0.39 is 0 Å². The number of carbonyl (C=O) groups is 1. The van der Waals surface area contributed by atoms with Crippen LogP contribution >= 0.6 is 15.9 Å². The molecule has 2 rings (SSSR count). The smallest absolute Gasteiger partial charge is 0.338 e. The van der Waals surface area contributed by atoms with Crippen molar-refractivity contribution in [3.05, 3.63) is 69.7 Å². The lowest BCUT2D eigenvalue weighted by molar-refractivity contribution is 0.0526. The van der Waals surface area contributed by atoms with Crippen molar-refractivity contribution in [1.29, 1.82) is 0 Å². The Kier molecular flexibility index (Phi) is 4.97. The zero-order chi connectivity index (χ0) is 14.4. The van der Waals surface area contributed by atoms with E-state index >= 15 is 0 Å². The molecule has 20 heavy (non-hydrogen) atoms. The van der Waals surface area contributed by atoms with Crippen molar-refractivity contribution >= 4 is 21.9 Å². The summed E-state index contributed by atoms with van der Waals surface area (Å²) in [5, 5.41) is 0. The standard InChI is InChI=1S/C17H13BrO2/c1-2-20-17(19)15-9-5-13(6-10-15)3-4-14-7-11-16(18)12-8-14/h5-12H,2H2,1H3. The molecule has 0 heterocycles. The molecule has 0 atom stereocenters. The van der Waals surface area contributed by atoms with Crippen LogP contribution in [0.15, 0.2) is 53.0 Å². The fourth-order valence-electron chi connectivity index (χ4n) is 1.58. The Labute approximate surface area is 126 Å². The minimum atomic E-state index is -0.306. The number of esters is 1. The molecule has 0 aromatic heterocycles. The van der Waals surface area contributed by atoms with Crippen molar-refractivity contribution in [2.45, 2.75) is 6.92 Å². The summed E-state index contributed by atoms with van der Waals surface area (Å²) in [5.74, 6) is 5.83. The second-order valence-corrected chi connectivity index (χ2v) is 4.97. The summed E-state index contributed by atoms with van der Waals surface area (Å²) in [7, 11) is 0. The Balaban J connectivity index is 2.11. The van der Waals surface area contributed by atoms with E-state index in [0.717, 1.165) is 15.6 Å². The minimum Gasteiger partial charge on any atom is -0.462 e. The molecule has 2 aromatic rings. The number of rotatable bonds is 2. The molecule has 0 spiro atoms. The van der Waals surface area contributed by atoms with Crippen molar-refractivity contribution in [3.8, 4) is 11.8 Å². The Morgan fingerprint density at radius 1 is 1.00 bits per heavy atom. The van der Waals surface area contributed by atoms with Crippen LogP contribution in [0.5, 0.6) is 0 Å². The molecule has 0 aliphatic rings. The molecule has 0 unspecified atom stereocenters. The Hall–Kier alpha value is -2.05. The van der Waals surface area contributed by atoms with Gasteiger partial charge in [0.15, 0.2) is 0 Å². The normalized spacial score (nSPS) is 9.50. The lowest BCUT2D eigenvalue weighted by Crippen LogP contribution is -2.04. The van der Waals surface area contributed by atoms with Crippen molar-refractivity contribution in [1.82, 2.24) is 0 Å². The van der Waals surface area contributed by atoms with Crippen molar-refractivity contribution in [2.24, 2.45) is 0 Å². The maximum Gasteiger partial charge on any atom is 0.338 e. The monoisotopic (exact) mass is 328 g/mol. The highest BCUT2D eigenvalue weighted by Gasteiger charge is 2.04. The molecule has 0 aliphatic carbocycles. The van der Waals surface area contributed by atoms with Gasteiger partial charge in [-0.2, -0.15) is 0 Å². The van der Waals surface area contributed by atoms with E-state index in [-0.39, 0.29) is 5.97 Å². The number of hydrogen-bond donors (Lipinski definition) is 0. The van der Waals surface area contributed by atoms with Crippen LogP contribution in [0.1, 0.15) is 28.4 Å². The summed E-state index contributed by atoms with van der Waals surface area (Å²) in [4.78, 5) is 11.5. The summed E-state index contributed by atoms with van der Waals surface area (Å²) in [6.45, 7) is 2.17. The van der Waals surface area contributed by atoms with Gasteiger partial charge in [0.1, 0.15) is 0 Å². The van der Waals surface area contributed by atoms with Gasteiger partial charge < -0.3 is 4.74 Å². The average molecular weight is 329 g/mol. The van der Waals surface area contributed by atoms with Gasteiger partial charge in [-0.1, -0.05) is 27.8 Å². The van der Waals surface area contributed by atoms with E-state index in [2.05, 4.69) is 27.8 Å². The largest absolute Gasteiger partial charge is 0.462 e. The predicted octanol–water partition coefficient (Wildman–Crippen LogP) is 4.03. The highest BCUT2D eigenvalue weighted by Crippen LogP contribution is 2.10. The lowest BCUT2D eigenvalue weighted by atomic mass is 10.1. The van der Waals surface area contributed by atoms with Crippen LogP contribution in [0.3, 0.4) is 0 Å². The summed E-state index contributed by atoms with van der Waals surface area (Å²) in [6, 6.07) is 14.9. The first kappa shape index (κ1) is 14.4. The van der Waals surface area contributed by atoms with Gasteiger partial charge in [0.25, 0.3) is 0 Å². The molecule has 3 heteroatoms. The molecule has 0 saturated carbocycles. The fraction of sp³-hybridized carbons (Fsp3) is 0.118. The van der Waals surface area contributed by atoms with Gasteiger partial charge in [-0.15, -0.1) is 0 Å². The Morgan fingerprint density at radius 2 is 1.50 bits per heavy atom. The molecule has 0 bridgehead atoms. The van der Waals surface area contributed by atoms with Gasteiger partial charge in [0, 0.05) is 15.6 Å². The molecule has 0 aliphatic heterocycles. The number of hydrogen-bond acceptors (Lipinski definition) is 2. The second kappa shape index (κ2) is 6.93. The summed E-state index contributed by atoms with van der Waals surface area (Å²) < 4.78 is 5.96. The van der Waals surface area contributed by atoms with E-state index in [1.807, 2.05) is 36.4 Å². The highest BCUT2D eigenvalue weighted by atomic mass is 79.9. The fourth-order valence-corrected chi connectivity index (χ4v) is 1.85. The summed E-state index contributed by atoms with van der Waals surface area (Å²) >= 11 is 3.38. The molecular formula is C17H13BrO2. The van der Waals surface area contributed by atoms with Gasteiger partial charge in [-0.3, -0.25) is 0 Å². The number of benzene rings is 2. The van der Waals surface area contributed by atoms with Gasteiger partial charge in [0.2, 0.25) is 0 Å². The van der Waals surface area contributed by atoms with Crippen LogP contribution in [-0.2, 0) is 4.74 Å². The summed E-state index contributed by atoms with van der Waals surface area (Å²) in [6.07, 6.45) is 0. The van der Waals surface area contributed by atoms with E-state index in [1.165, 1.54) is 0 Å². The lowest BCUT2D eigenvalue weighted by Gasteiger charge is -2.00. The minimum absolute atomic E-state index is 0.306. The molecule has 0 fully saturated rings. The first-order valence-corrected chi connectivity index (χ1v) is 7.03. The first-order valence-electron chi connectivity index (χ1n) is 6.24. The zero-order valence-corrected chi connectivity index (χ0v) is 12.6. The molecule has 0 radical (unpaired) electrons. The second-order valence-electron chi connectivity index (χ2n) is 4.05. The third-order valence-electron chi connectivity index (χ3n) is 2.59. The van der Waals surface area contributed by atoms with Crippen LogP contribution in [0, 0.1) is 11.8 Å². The van der Waals surface area contributed by atoms with E-state index in [9.17, 15) is 4.79 Å². The maximum absolute atomic E-state index is 11.5. The number of ether oxygens (including phenoxy) is 1. The maximum atomic E-state index is 11.5. The molecule has 0 saturated heterocycles. The van der Waals surface area contributed by atoms with Crippen LogP contribution in [-0.4, -0.2) is 12.6 Å². The number of carbonyl (C=O) groups excluding carboxylic acids is 1. The Morgan fingerprint density at radius 3 is 2.00 bits per heavy atom. The SMILES string of the molecule is CCOC(=O)c1ccc(C#Cc2ccc(Br)cc2)cc1. The van der Waals surface area contributed by atoms with Crippen LogP contribution in [0.2, 0.25) is 0 Å². The van der Waals surface area contributed by atoms with Gasteiger partial charge in [-0.05, 0) is 55.5 Å². The van der Waals surface area contributed by atoms with E-state index in [4.69, 9.17) is 4.74 Å². The predicted molar refractivity (Wildman–Crippen MR) is 82.5 cm³/mol. The molecule has 2 aromatic carbocycles. The van der Waals surface area contributed by atoms with Crippen molar-refractivity contribution in [3.63, 3.8) is 0 Å².